The summed E-state index contributed by atoms with van der Waals surface area (Å²) in [5.74, 6) is -1.21. The second-order valence-corrected chi connectivity index (χ2v) is 4.37. The summed E-state index contributed by atoms with van der Waals surface area (Å²) in [6, 6.07) is 0. The number of likely N-dealkylation sites (N-methyl/N-ethyl adjacent to an activating group) is 1. The van der Waals surface area contributed by atoms with E-state index >= 15 is 0 Å². The van der Waals surface area contributed by atoms with Crippen LogP contribution in [0.1, 0.15) is 42.9 Å². The topological polar surface area (TPSA) is 88.3 Å². The lowest BCUT2D eigenvalue weighted by Gasteiger charge is -2.17. The zero-order chi connectivity index (χ0) is 14.4. The quantitative estimate of drug-likeness (QED) is 0.790. The highest BCUT2D eigenvalue weighted by atomic mass is 16.4. The van der Waals surface area contributed by atoms with Crippen molar-refractivity contribution in [3.8, 4) is 0 Å². The Hall–Kier alpha value is -1.92. The van der Waals surface area contributed by atoms with Gasteiger partial charge in [0, 0.05) is 13.6 Å². The van der Waals surface area contributed by atoms with E-state index in [0.717, 1.165) is 12.8 Å². The molecule has 0 bridgehead atoms. The summed E-state index contributed by atoms with van der Waals surface area (Å²) in [5.41, 5.74) is 0.399. The Bertz CT molecular complexity index is 456. The summed E-state index contributed by atoms with van der Waals surface area (Å²) >= 11 is 0. The van der Waals surface area contributed by atoms with Gasteiger partial charge in [-0.25, -0.2) is 9.48 Å². The first kappa shape index (κ1) is 15.1. The average molecular weight is 268 g/mol. The van der Waals surface area contributed by atoms with Gasteiger partial charge in [0.05, 0.1) is 5.69 Å². The molecule has 1 aromatic rings. The van der Waals surface area contributed by atoms with Crippen molar-refractivity contribution in [2.75, 3.05) is 13.6 Å². The summed E-state index contributed by atoms with van der Waals surface area (Å²) in [7, 11) is 1.73. The van der Waals surface area contributed by atoms with Crippen LogP contribution < -0.4 is 0 Å². The van der Waals surface area contributed by atoms with E-state index in [4.69, 9.17) is 5.11 Å². The minimum Gasteiger partial charge on any atom is -0.476 e. The first-order valence-electron chi connectivity index (χ1n) is 6.40. The molecule has 0 saturated heterocycles. The smallest absolute Gasteiger partial charge is 0.358 e. The number of nitrogens with zero attached hydrogens (tertiary/aromatic N) is 4. The van der Waals surface area contributed by atoms with Gasteiger partial charge in [-0.05, 0) is 12.8 Å². The summed E-state index contributed by atoms with van der Waals surface area (Å²) in [4.78, 5) is 24.5. The molecule has 1 N–H and O–H groups in total. The van der Waals surface area contributed by atoms with E-state index in [1.165, 1.54) is 4.68 Å². The molecule has 7 heteroatoms. The van der Waals surface area contributed by atoms with E-state index < -0.39 is 5.97 Å². The monoisotopic (exact) mass is 268 g/mol. The number of aromatic carboxylic acids is 1. The molecule has 19 heavy (non-hydrogen) atoms. The number of aromatic nitrogens is 3. The largest absolute Gasteiger partial charge is 0.476 e. The molecule has 1 amide bonds. The molecule has 0 unspecified atom stereocenters. The Morgan fingerprint density at radius 3 is 2.58 bits per heavy atom. The van der Waals surface area contributed by atoms with Crippen LogP contribution in [0.15, 0.2) is 0 Å². The van der Waals surface area contributed by atoms with E-state index in [1.54, 1.807) is 11.9 Å². The Labute approximate surface area is 112 Å². The molecule has 1 heterocycles. The molecule has 1 rings (SSSR count). The highest BCUT2D eigenvalue weighted by Crippen LogP contribution is 2.07. The van der Waals surface area contributed by atoms with Gasteiger partial charge in [0.1, 0.15) is 6.54 Å². The van der Waals surface area contributed by atoms with Gasteiger partial charge in [0.15, 0.2) is 5.69 Å². The minimum atomic E-state index is -1.12. The van der Waals surface area contributed by atoms with Crippen molar-refractivity contribution >= 4 is 11.9 Å². The summed E-state index contributed by atoms with van der Waals surface area (Å²) in [5, 5.41) is 16.3. The Morgan fingerprint density at radius 2 is 2.05 bits per heavy atom. The van der Waals surface area contributed by atoms with Crippen LogP contribution in [0, 0.1) is 0 Å². The highest BCUT2D eigenvalue weighted by Gasteiger charge is 2.19. The van der Waals surface area contributed by atoms with Gasteiger partial charge in [-0.2, -0.15) is 0 Å². The van der Waals surface area contributed by atoms with Crippen molar-refractivity contribution < 1.29 is 14.7 Å². The van der Waals surface area contributed by atoms with Crippen LogP contribution in [-0.4, -0.2) is 50.5 Å². The van der Waals surface area contributed by atoms with Crippen molar-refractivity contribution in [2.24, 2.45) is 0 Å². The molecular formula is C12H20N4O3. The third kappa shape index (κ3) is 3.77. The van der Waals surface area contributed by atoms with Crippen LogP contribution in [0.5, 0.6) is 0 Å². The van der Waals surface area contributed by atoms with Crippen LogP contribution in [0.25, 0.3) is 0 Å². The van der Waals surface area contributed by atoms with Crippen LogP contribution >= 0.6 is 0 Å². The fourth-order valence-electron chi connectivity index (χ4n) is 1.74. The van der Waals surface area contributed by atoms with E-state index in [9.17, 15) is 9.59 Å². The fourth-order valence-corrected chi connectivity index (χ4v) is 1.74. The fraction of sp³-hybridized carbons (Fsp3) is 0.667. The highest BCUT2D eigenvalue weighted by molar-refractivity contribution is 5.86. The van der Waals surface area contributed by atoms with Gasteiger partial charge >= 0.3 is 5.97 Å². The van der Waals surface area contributed by atoms with Gasteiger partial charge in [-0.3, -0.25) is 4.79 Å². The number of unbranched alkanes of at least 4 members (excludes halogenated alkanes) is 1. The lowest BCUT2D eigenvalue weighted by atomic mass is 10.2. The van der Waals surface area contributed by atoms with Crippen molar-refractivity contribution in [1.29, 1.82) is 0 Å². The number of carbonyl (C=O) groups excluding carboxylic acids is 1. The predicted molar refractivity (Wildman–Crippen MR) is 68.9 cm³/mol. The average Bonchev–Trinajstić information content (AvgIpc) is 2.78. The number of carboxylic acid groups (broad SMARTS) is 1. The lowest BCUT2D eigenvalue weighted by molar-refractivity contribution is -0.130. The number of carboxylic acids is 1. The zero-order valence-electron chi connectivity index (χ0n) is 11.6. The van der Waals surface area contributed by atoms with Gasteiger partial charge < -0.3 is 10.0 Å². The van der Waals surface area contributed by atoms with Crippen LogP contribution in [0.2, 0.25) is 0 Å². The number of hydrogen-bond donors (Lipinski definition) is 1. The third-order valence-electron chi connectivity index (χ3n) is 2.93. The number of amides is 1. The summed E-state index contributed by atoms with van der Waals surface area (Å²) in [6.45, 7) is 4.60. The first-order valence-corrected chi connectivity index (χ1v) is 6.40. The lowest BCUT2D eigenvalue weighted by Crippen LogP contribution is -2.31. The third-order valence-corrected chi connectivity index (χ3v) is 2.93. The molecule has 7 nitrogen and oxygen atoms in total. The molecule has 0 aliphatic rings. The van der Waals surface area contributed by atoms with Gasteiger partial charge in [0.2, 0.25) is 5.91 Å². The summed E-state index contributed by atoms with van der Waals surface area (Å²) in [6.07, 6.45) is 2.44. The molecule has 106 valence electrons. The zero-order valence-corrected chi connectivity index (χ0v) is 11.6. The maximum absolute atomic E-state index is 12.0. The Balaban J connectivity index is 2.77. The molecular weight excluding hydrogens is 248 g/mol. The molecule has 0 radical (unpaired) electrons. The Morgan fingerprint density at radius 1 is 1.37 bits per heavy atom. The SMILES string of the molecule is CCCCN(C)C(=O)Cn1nnc(C(=O)O)c1CC. The van der Waals surface area contributed by atoms with Crippen molar-refractivity contribution in [3.63, 3.8) is 0 Å². The van der Waals surface area contributed by atoms with Crippen LogP contribution in [0.3, 0.4) is 0 Å². The molecule has 1 aromatic heterocycles. The second kappa shape index (κ2) is 6.86. The van der Waals surface area contributed by atoms with Crippen LogP contribution in [-0.2, 0) is 17.8 Å². The first-order chi connectivity index (χ1) is 9.01. The molecule has 0 aliphatic carbocycles. The maximum atomic E-state index is 12.0. The normalized spacial score (nSPS) is 10.5. The van der Waals surface area contributed by atoms with E-state index in [-0.39, 0.29) is 18.1 Å². The van der Waals surface area contributed by atoms with Crippen molar-refractivity contribution in [1.82, 2.24) is 19.9 Å². The standard InChI is InChI=1S/C12H20N4O3/c1-4-6-7-15(3)10(17)8-16-9(5-2)11(12(18)19)13-14-16/h4-8H2,1-3H3,(H,18,19). The number of rotatable bonds is 7. The molecule has 0 saturated carbocycles. The molecule has 0 fully saturated rings. The van der Waals surface area contributed by atoms with Crippen LogP contribution in [0.4, 0.5) is 0 Å². The summed E-state index contributed by atoms with van der Waals surface area (Å²) < 4.78 is 1.37. The minimum absolute atomic E-state index is 0.0314. The maximum Gasteiger partial charge on any atom is 0.358 e. The Kier molecular flexibility index (Phi) is 5.47. The van der Waals surface area contributed by atoms with Crippen molar-refractivity contribution in [2.45, 2.75) is 39.7 Å². The molecule has 0 spiro atoms. The van der Waals surface area contributed by atoms with E-state index in [2.05, 4.69) is 17.2 Å². The molecule has 0 atom stereocenters. The predicted octanol–water partition coefficient (Wildman–Crippen LogP) is 0.797. The van der Waals surface area contributed by atoms with Crippen molar-refractivity contribution in [3.05, 3.63) is 11.4 Å². The molecule has 0 aliphatic heterocycles. The van der Waals surface area contributed by atoms with E-state index in [0.29, 0.717) is 18.7 Å². The van der Waals surface area contributed by atoms with Gasteiger partial charge in [-0.15, -0.1) is 5.10 Å². The van der Waals surface area contributed by atoms with E-state index in [1.807, 2.05) is 6.92 Å². The number of hydrogen-bond acceptors (Lipinski definition) is 4. The van der Waals surface area contributed by atoms with Gasteiger partial charge in [0.25, 0.3) is 0 Å². The second-order valence-electron chi connectivity index (χ2n) is 4.37. The number of carbonyl (C=O) groups is 2. The molecule has 0 aromatic carbocycles. The van der Waals surface area contributed by atoms with Gasteiger partial charge in [-0.1, -0.05) is 25.5 Å².